The Morgan fingerprint density at radius 3 is 2.28 bits per heavy atom. The second kappa shape index (κ2) is 11.7. The first-order valence-corrected chi connectivity index (χ1v) is 11.2. The van der Waals surface area contributed by atoms with E-state index in [4.69, 9.17) is 0 Å². The van der Waals surface area contributed by atoms with Gasteiger partial charge in [-0.1, -0.05) is 61.9 Å². The van der Waals surface area contributed by atoms with Crippen LogP contribution in [-0.4, -0.2) is 35.1 Å². The lowest BCUT2D eigenvalue weighted by molar-refractivity contribution is -0.140. The van der Waals surface area contributed by atoms with Crippen molar-refractivity contribution in [3.63, 3.8) is 0 Å². The molecule has 0 aliphatic heterocycles. The molecule has 0 saturated heterocycles. The molecule has 0 aliphatic carbocycles. The smallest absolute Gasteiger partial charge is 0.242 e. The number of amides is 2. The zero-order valence-corrected chi connectivity index (χ0v) is 18.7. The van der Waals surface area contributed by atoms with E-state index in [0.29, 0.717) is 31.2 Å². The summed E-state index contributed by atoms with van der Waals surface area (Å²) in [5.41, 5.74) is 2.21. The van der Waals surface area contributed by atoms with E-state index in [-0.39, 0.29) is 11.8 Å². The molecule has 0 radical (unpaired) electrons. The Bertz CT molecular complexity index is 775. The zero-order chi connectivity index (χ0) is 21.2. The van der Waals surface area contributed by atoms with E-state index in [1.165, 1.54) is 5.56 Å². The second-order valence-electron chi connectivity index (χ2n) is 7.73. The van der Waals surface area contributed by atoms with Crippen molar-refractivity contribution in [2.75, 3.05) is 12.3 Å². The average Bonchev–Trinajstić information content (AvgIpc) is 2.71. The van der Waals surface area contributed by atoms with Gasteiger partial charge in [0.2, 0.25) is 11.8 Å². The summed E-state index contributed by atoms with van der Waals surface area (Å²) >= 11 is 1.66. The fourth-order valence-electron chi connectivity index (χ4n) is 2.84. The molecule has 0 heterocycles. The predicted octanol–water partition coefficient (Wildman–Crippen LogP) is 4.67. The summed E-state index contributed by atoms with van der Waals surface area (Å²) < 4.78 is 0. The highest BCUT2D eigenvalue weighted by Gasteiger charge is 2.25. The molecule has 4 nitrogen and oxygen atoms in total. The summed E-state index contributed by atoms with van der Waals surface area (Å²) in [6.07, 6.45) is 0.396. The van der Waals surface area contributed by atoms with Gasteiger partial charge in [-0.3, -0.25) is 9.59 Å². The highest BCUT2D eigenvalue weighted by molar-refractivity contribution is 7.99. The zero-order valence-electron chi connectivity index (χ0n) is 17.9. The van der Waals surface area contributed by atoms with Crippen molar-refractivity contribution in [3.8, 4) is 0 Å². The molecular weight excluding hydrogens is 380 g/mol. The topological polar surface area (TPSA) is 49.4 Å². The van der Waals surface area contributed by atoms with Gasteiger partial charge in [0.05, 0.1) is 0 Å². The molecule has 2 amide bonds. The number of aryl methyl sites for hydroxylation is 1. The van der Waals surface area contributed by atoms with Crippen LogP contribution in [0.1, 0.15) is 38.3 Å². The SMILES string of the molecule is Cc1ccc(CN(C(=O)CCSc2ccccc2)[C@@H](C)C(=O)NCC(C)C)cc1. The van der Waals surface area contributed by atoms with Crippen molar-refractivity contribution in [2.24, 2.45) is 5.92 Å². The summed E-state index contributed by atoms with van der Waals surface area (Å²) in [7, 11) is 0. The minimum absolute atomic E-state index is 0.00111. The Morgan fingerprint density at radius 2 is 1.66 bits per heavy atom. The third kappa shape index (κ3) is 7.94. The number of thioether (sulfide) groups is 1. The third-order valence-electron chi connectivity index (χ3n) is 4.65. The molecule has 0 fully saturated rings. The standard InChI is InChI=1S/C24H32N2O2S/c1-18(2)16-25-24(28)20(4)26(17-21-12-10-19(3)11-13-21)23(27)14-15-29-22-8-6-5-7-9-22/h5-13,18,20H,14-17H2,1-4H3,(H,25,28)/t20-/m0/s1. The van der Waals surface area contributed by atoms with Gasteiger partial charge in [0.1, 0.15) is 6.04 Å². The number of hydrogen-bond acceptors (Lipinski definition) is 3. The van der Waals surface area contributed by atoms with Crippen molar-refractivity contribution in [3.05, 3.63) is 65.7 Å². The minimum Gasteiger partial charge on any atom is -0.354 e. The summed E-state index contributed by atoms with van der Waals surface area (Å²) in [4.78, 5) is 28.5. The minimum atomic E-state index is -0.510. The maximum atomic E-state index is 13.0. The second-order valence-corrected chi connectivity index (χ2v) is 8.90. The molecule has 29 heavy (non-hydrogen) atoms. The Kier molecular flexibility index (Phi) is 9.26. The molecule has 2 aromatic rings. The van der Waals surface area contributed by atoms with Crippen molar-refractivity contribution in [2.45, 2.75) is 51.6 Å². The van der Waals surface area contributed by atoms with Gasteiger partial charge < -0.3 is 10.2 Å². The fraction of sp³-hybridized carbons (Fsp3) is 0.417. The number of hydrogen-bond donors (Lipinski definition) is 1. The lowest BCUT2D eigenvalue weighted by Gasteiger charge is -2.29. The van der Waals surface area contributed by atoms with Crippen molar-refractivity contribution >= 4 is 23.6 Å². The first kappa shape index (κ1) is 23.0. The van der Waals surface area contributed by atoms with Crippen LogP contribution in [0.2, 0.25) is 0 Å². The first-order chi connectivity index (χ1) is 13.9. The van der Waals surface area contributed by atoms with E-state index in [0.717, 1.165) is 10.5 Å². The van der Waals surface area contributed by atoms with Crippen LogP contribution >= 0.6 is 11.8 Å². The van der Waals surface area contributed by atoms with Crippen LogP contribution in [0.25, 0.3) is 0 Å². The number of nitrogens with one attached hydrogen (secondary N) is 1. The first-order valence-electron chi connectivity index (χ1n) is 10.2. The van der Waals surface area contributed by atoms with Crippen LogP contribution in [0.15, 0.2) is 59.5 Å². The van der Waals surface area contributed by atoms with Gasteiger partial charge in [-0.25, -0.2) is 0 Å². The highest BCUT2D eigenvalue weighted by Crippen LogP contribution is 2.19. The molecule has 0 aromatic heterocycles. The maximum absolute atomic E-state index is 13.0. The van der Waals surface area contributed by atoms with E-state index < -0.39 is 6.04 Å². The quantitative estimate of drug-likeness (QED) is 0.577. The molecule has 0 unspecified atom stereocenters. The maximum Gasteiger partial charge on any atom is 0.242 e. The molecular formula is C24H32N2O2S. The van der Waals surface area contributed by atoms with Gasteiger partial charge in [-0.2, -0.15) is 0 Å². The molecule has 2 rings (SSSR count). The van der Waals surface area contributed by atoms with Crippen molar-refractivity contribution < 1.29 is 9.59 Å². The average molecular weight is 413 g/mol. The van der Waals surface area contributed by atoms with Crippen LogP contribution in [0.4, 0.5) is 0 Å². The van der Waals surface area contributed by atoms with E-state index in [2.05, 4.69) is 19.2 Å². The Morgan fingerprint density at radius 1 is 1.00 bits per heavy atom. The fourth-order valence-corrected chi connectivity index (χ4v) is 3.70. The molecule has 1 N–H and O–H groups in total. The highest BCUT2D eigenvalue weighted by atomic mass is 32.2. The van der Waals surface area contributed by atoms with E-state index in [9.17, 15) is 9.59 Å². The number of carbonyl (C=O) groups excluding carboxylic acids is 2. The van der Waals surface area contributed by atoms with E-state index >= 15 is 0 Å². The van der Waals surface area contributed by atoms with Crippen LogP contribution < -0.4 is 5.32 Å². The lowest BCUT2D eigenvalue weighted by Crippen LogP contribution is -2.48. The third-order valence-corrected chi connectivity index (χ3v) is 5.67. The largest absolute Gasteiger partial charge is 0.354 e. The van der Waals surface area contributed by atoms with Crippen LogP contribution in [0, 0.1) is 12.8 Å². The van der Waals surface area contributed by atoms with Crippen LogP contribution in [0.3, 0.4) is 0 Å². The molecule has 5 heteroatoms. The monoisotopic (exact) mass is 412 g/mol. The van der Waals surface area contributed by atoms with Gasteiger partial charge in [-0.05, 0) is 37.5 Å². The molecule has 156 valence electrons. The molecule has 0 bridgehead atoms. The lowest BCUT2D eigenvalue weighted by atomic mass is 10.1. The van der Waals surface area contributed by atoms with E-state index in [1.54, 1.807) is 16.7 Å². The summed E-state index contributed by atoms with van der Waals surface area (Å²) in [5.74, 6) is 0.957. The Hall–Kier alpha value is -2.27. The summed E-state index contributed by atoms with van der Waals surface area (Å²) in [6.45, 7) is 9.01. The van der Waals surface area contributed by atoms with Gasteiger partial charge in [-0.15, -0.1) is 11.8 Å². The number of rotatable bonds is 10. The van der Waals surface area contributed by atoms with Gasteiger partial charge in [0, 0.05) is 30.2 Å². The molecule has 1 atom stereocenters. The van der Waals surface area contributed by atoms with Gasteiger partial charge in [0.25, 0.3) is 0 Å². The van der Waals surface area contributed by atoms with Crippen molar-refractivity contribution in [1.29, 1.82) is 0 Å². The number of carbonyl (C=O) groups is 2. The van der Waals surface area contributed by atoms with Gasteiger partial charge >= 0.3 is 0 Å². The van der Waals surface area contributed by atoms with Gasteiger partial charge in [0.15, 0.2) is 0 Å². The Balaban J connectivity index is 2.04. The number of nitrogens with zero attached hydrogens (tertiary/aromatic N) is 1. The summed E-state index contributed by atoms with van der Waals surface area (Å²) in [6, 6.07) is 17.7. The van der Waals surface area contributed by atoms with Crippen LogP contribution in [0.5, 0.6) is 0 Å². The molecule has 2 aromatic carbocycles. The van der Waals surface area contributed by atoms with Crippen LogP contribution in [-0.2, 0) is 16.1 Å². The molecule has 0 saturated carbocycles. The normalized spacial score (nSPS) is 11.9. The predicted molar refractivity (Wildman–Crippen MR) is 121 cm³/mol. The van der Waals surface area contributed by atoms with Crippen molar-refractivity contribution in [1.82, 2.24) is 10.2 Å². The number of benzene rings is 2. The molecule has 0 spiro atoms. The van der Waals surface area contributed by atoms with E-state index in [1.807, 2.05) is 68.4 Å². The summed E-state index contributed by atoms with van der Waals surface area (Å²) in [5, 5.41) is 2.96. The Labute approximate surface area is 179 Å². The molecule has 0 aliphatic rings.